The molecule has 2 N–H and O–H groups in total. The number of methoxy groups -OCH3 is 1. The zero-order valence-electron chi connectivity index (χ0n) is 10.5. The first-order valence-corrected chi connectivity index (χ1v) is 5.90. The minimum atomic E-state index is -1.22. The van der Waals surface area contributed by atoms with Gasteiger partial charge in [0.1, 0.15) is 0 Å². The molecule has 1 fully saturated rings. The molecule has 0 aromatic heterocycles. The van der Waals surface area contributed by atoms with E-state index in [0.717, 1.165) is 0 Å². The van der Waals surface area contributed by atoms with E-state index < -0.39 is 47.9 Å². The number of ether oxygens (including phenoxy) is 1. The summed E-state index contributed by atoms with van der Waals surface area (Å²) in [6.45, 7) is 1.70. The lowest BCUT2D eigenvalue weighted by atomic mass is 9.66. The summed E-state index contributed by atoms with van der Waals surface area (Å²) in [6.07, 6.45) is 2.63. The van der Waals surface area contributed by atoms with Gasteiger partial charge in [-0.25, -0.2) is 4.79 Å². The van der Waals surface area contributed by atoms with Crippen LogP contribution >= 0.6 is 0 Å². The molecule has 0 aromatic carbocycles. The van der Waals surface area contributed by atoms with Crippen LogP contribution in [0.4, 0.5) is 4.79 Å². The van der Waals surface area contributed by atoms with E-state index >= 15 is 0 Å². The van der Waals surface area contributed by atoms with E-state index in [1.807, 2.05) is 0 Å². The predicted molar refractivity (Wildman–Crippen MR) is 62.4 cm³/mol. The van der Waals surface area contributed by atoms with E-state index in [9.17, 15) is 24.6 Å². The maximum Gasteiger partial charge on any atom is 0.410 e. The topological polar surface area (TPSA) is 104 Å². The van der Waals surface area contributed by atoms with Crippen LogP contribution in [0.25, 0.3) is 0 Å². The van der Waals surface area contributed by atoms with Crippen LogP contribution < -0.4 is 0 Å². The van der Waals surface area contributed by atoms with E-state index in [-0.39, 0.29) is 0 Å². The van der Waals surface area contributed by atoms with E-state index in [2.05, 4.69) is 4.74 Å². The van der Waals surface area contributed by atoms with Gasteiger partial charge in [-0.05, 0) is 6.92 Å². The Morgan fingerprint density at radius 1 is 1.11 bits per heavy atom. The summed E-state index contributed by atoms with van der Waals surface area (Å²) in [5.41, 5.74) is 0. The Hall–Kier alpha value is -2.05. The Balaban J connectivity index is 2.45. The second-order valence-corrected chi connectivity index (χ2v) is 4.80. The maximum atomic E-state index is 11.7. The van der Waals surface area contributed by atoms with Gasteiger partial charge in [-0.15, -0.1) is 0 Å². The Labute approximate surface area is 109 Å². The molecular weight excluding hydrogens is 254 g/mol. The molecule has 7 heteroatoms. The van der Waals surface area contributed by atoms with Crippen molar-refractivity contribution in [1.29, 1.82) is 0 Å². The van der Waals surface area contributed by atoms with Crippen molar-refractivity contribution in [1.82, 2.24) is 4.90 Å². The Morgan fingerprint density at radius 3 is 2.16 bits per heavy atom. The van der Waals surface area contributed by atoms with Crippen molar-refractivity contribution in [3.05, 3.63) is 12.2 Å². The largest absolute Gasteiger partial charge is 0.481 e. The highest BCUT2D eigenvalue weighted by atomic mass is 16.5. The normalized spacial score (nSPS) is 36.1. The molecule has 2 aliphatic heterocycles. The van der Waals surface area contributed by atoms with Crippen LogP contribution in [0.2, 0.25) is 0 Å². The molecule has 0 saturated carbocycles. The molecule has 3 rings (SSSR count). The van der Waals surface area contributed by atoms with Crippen molar-refractivity contribution in [2.45, 2.75) is 19.0 Å². The molecule has 1 saturated heterocycles. The Morgan fingerprint density at radius 2 is 1.68 bits per heavy atom. The van der Waals surface area contributed by atoms with Crippen molar-refractivity contribution in [3.8, 4) is 0 Å². The molecule has 0 radical (unpaired) electrons. The van der Waals surface area contributed by atoms with Gasteiger partial charge in [0, 0.05) is 12.0 Å². The number of fused-ring (bicyclic) bond motifs is 2. The molecule has 1 amide bonds. The summed E-state index contributed by atoms with van der Waals surface area (Å²) < 4.78 is 4.65. The van der Waals surface area contributed by atoms with E-state index in [4.69, 9.17) is 0 Å². The monoisotopic (exact) mass is 269 g/mol. The average Bonchev–Trinajstić information content (AvgIpc) is 2.37. The third-order valence-electron chi connectivity index (χ3n) is 3.97. The molecule has 3 aliphatic rings. The number of aliphatic carboxylic acids is 2. The van der Waals surface area contributed by atoms with Crippen molar-refractivity contribution in [2.24, 2.45) is 17.8 Å². The lowest BCUT2D eigenvalue weighted by Crippen LogP contribution is -2.64. The Bertz CT molecular complexity index is 459. The number of carbonyl (C=O) groups is 3. The van der Waals surface area contributed by atoms with Gasteiger partial charge in [0.2, 0.25) is 0 Å². The molecule has 7 nitrogen and oxygen atoms in total. The lowest BCUT2D eigenvalue weighted by Gasteiger charge is -2.51. The minimum Gasteiger partial charge on any atom is -0.481 e. The van der Waals surface area contributed by atoms with Crippen molar-refractivity contribution in [3.63, 3.8) is 0 Å². The van der Waals surface area contributed by atoms with Gasteiger partial charge in [-0.1, -0.05) is 12.2 Å². The van der Waals surface area contributed by atoms with E-state index in [0.29, 0.717) is 0 Å². The van der Waals surface area contributed by atoms with Gasteiger partial charge in [-0.2, -0.15) is 0 Å². The number of nitrogens with zero attached hydrogens (tertiary/aromatic N) is 1. The molecule has 1 aliphatic carbocycles. The van der Waals surface area contributed by atoms with Crippen molar-refractivity contribution < 1.29 is 29.3 Å². The summed E-state index contributed by atoms with van der Waals surface area (Å²) >= 11 is 0. The van der Waals surface area contributed by atoms with Crippen LogP contribution in [-0.4, -0.2) is 52.3 Å². The zero-order valence-corrected chi connectivity index (χ0v) is 10.5. The van der Waals surface area contributed by atoms with Crippen LogP contribution in [0, 0.1) is 17.8 Å². The standard InChI is InChI=1S/C12H15NO6/c1-5-6-3-4-7(13(5)12(18)19-2)9(11(16)17)8(6)10(14)15/h3-9H,1-2H3,(H,14,15)(H,16,17)/t5-,6+,7-,8-,9+/m1/s1. The number of carbonyl (C=O) groups excluding carboxylic acids is 1. The van der Waals surface area contributed by atoms with Crippen molar-refractivity contribution in [2.75, 3.05) is 7.11 Å². The molecule has 5 atom stereocenters. The molecule has 0 unspecified atom stereocenters. The van der Waals surface area contributed by atoms with Crippen LogP contribution in [0.5, 0.6) is 0 Å². The second-order valence-electron chi connectivity index (χ2n) is 4.80. The number of rotatable bonds is 2. The minimum absolute atomic E-state index is 0.404. The predicted octanol–water partition coefficient (Wildman–Crippen LogP) is 0.413. The van der Waals surface area contributed by atoms with Gasteiger partial charge in [-0.3, -0.25) is 14.5 Å². The molecule has 19 heavy (non-hydrogen) atoms. The van der Waals surface area contributed by atoms with Crippen LogP contribution in [0.3, 0.4) is 0 Å². The highest BCUT2D eigenvalue weighted by molar-refractivity contribution is 5.84. The van der Waals surface area contributed by atoms with E-state index in [1.54, 1.807) is 19.1 Å². The smallest absolute Gasteiger partial charge is 0.410 e. The molecule has 0 aromatic rings. The van der Waals surface area contributed by atoms with Gasteiger partial charge in [0.15, 0.2) is 0 Å². The Kier molecular flexibility index (Phi) is 3.21. The third-order valence-corrected chi connectivity index (χ3v) is 3.97. The van der Waals surface area contributed by atoms with Gasteiger partial charge < -0.3 is 14.9 Å². The average molecular weight is 269 g/mol. The number of hydrogen-bond donors (Lipinski definition) is 2. The molecule has 2 heterocycles. The summed E-state index contributed by atoms with van der Waals surface area (Å²) in [6, 6.07) is -1.19. The highest BCUT2D eigenvalue weighted by Crippen LogP contribution is 2.43. The lowest BCUT2D eigenvalue weighted by molar-refractivity contribution is -0.164. The van der Waals surface area contributed by atoms with Crippen LogP contribution in [0.1, 0.15) is 6.92 Å². The fourth-order valence-corrected chi connectivity index (χ4v) is 3.13. The zero-order chi connectivity index (χ0) is 14.3. The summed E-state index contributed by atoms with van der Waals surface area (Å²) in [4.78, 5) is 35.7. The number of carboxylic acid groups (broad SMARTS) is 2. The van der Waals surface area contributed by atoms with Crippen LogP contribution in [-0.2, 0) is 14.3 Å². The first-order valence-electron chi connectivity index (χ1n) is 5.90. The molecule has 2 bridgehead atoms. The highest BCUT2D eigenvalue weighted by Gasteiger charge is 2.56. The number of carboxylic acids is 2. The maximum absolute atomic E-state index is 11.7. The first-order chi connectivity index (χ1) is 8.90. The second kappa shape index (κ2) is 4.56. The van der Waals surface area contributed by atoms with E-state index in [1.165, 1.54) is 12.0 Å². The number of hydrogen-bond acceptors (Lipinski definition) is 4. The van der Waals surface area contributed by atoms with Gasteiger partial charge in [0.05, 0.1) is 25.0 Å². The molecular formula is C12H15NO6. The quantitative estimate of drug-likeness (QED) is 0.704. The molecule has 104 valence electrons. The molecule has 0 spiro atoms. The summed E-state index contributed by atoms with van der Waals surface area (Å²) in [5, 5.41) is 18.5. The van der Waals surface area contributed by atoms with Crippen LogP contribution in [0.15, 0.2) is 12.2 Å². The van der Waals surface area contributed by atoms with Crippen molar-refractivity contribution >= 4 is 18.0 Å². The fraction of sp³-hybridized carbons (Fsp3) is 0.583. The third kappa shape index (κ3) is 1.85. The first kappa shape index (κ1) is 13.4. The summed E-state index contributed by atoms with van der Waals surface area (Å²) in [5.74, 6) is -5.07. The number of amides is 1. The SMILES string of the molecule is COC(=O)N1[C@H](C)[C@@H]2C=C[C@@H]1[C@H](C(=O)O)[C@@H]2C(=O)O. The van der Waals surface area contributed by atoms with Gasteiger partial charge in [0.25, 0.3) is 0 Å². The number of piperidine rings is 1. The fourth-order valence-electron chi connectivity index (χ4n) is 3.13. The summed E-state index contributed by atoms with van der Waals surface area (Å²) in [7, 11) is 1.21. The van der Waals surface area contributed by atoms with Gasteiger partial charge >= 0.3 is 18.0 Å².